The molecule has 4 amide bonds. The number of primary amides is 1. The molecular formula is C19H33N5O9. The summed E-state index contributed by atoms with van der Waals surface area (Å²) in [5.74, 6) is -6.60. The molecule has 0 saturated heterocycles. The minimum absolute atomic E-state index is 0.260. The topological polar surface area (TPSA) is 251 Å². The lowest BCUT2D eigenvalue weighted by Crippen LogP contribution is -2.59. The van der Waals surface area contributed by atoms with Crippen molar-refractivity contribution in [1.29, 1.82) is 0 Å². The van der Waals surface area contributed by atoms with Crippen LogP contribution in [0.3, 0.4) is 0 Å². The van der Waals surface area contributed by atoms with E-state index in [1.165, 1.54) is 6.92 Å². The Labute approximate surface area is 190 Å². The van der Waals surface area contributed by atoms with Gasteiger partial charge in [-0.2, -0.15) is 0 Å². The first kappa shape index (κ1) is 29.7. The van der Waals surface area contributed by atoms with Crippen molar-refractivity contribution in [2.24, 2.45) is 17.4 Å². The van der Waals surface area contributed by atoms with Crippen molar-refractivity contribution in [1.82, 2.24) is 16.0 Å². The third-order valence-electron chi connectivity index (χ3n) is 4.64. The van der Waals surface area contributed by atoms with Gasteiger partial charge in [0.25, 0.3) is 0 Å². The molecule has 0 aliphatic heterocycles. The van der Waals surface area contributed by atoms with Gasteiger partial charge in [0, 0.05) is 12.8 Å². The summed E-state index contributed by atoms with van der Waals surface area (Å²) < 4.78 is 0. The highest BCUT2D eigenvalue weighted by molar-refractivity contribution is 5.94. The average molecular weight is 475 g/mol. The highest BCUT2D eigenvalue weighted by Crippen LogP contribution is 2.07. The van der Waals surface area contributed by atoms with E-state index in [4.69, 9.17) is 16.6 Å². The lowest BCUT2D eigenvalue weighted by Gasteiger charge is -2.27. The number of amides is 4. The van der Waals surface area contributed by atoms with Gasteiger partial charge in [0.2, 0.25) is 23.6 Å². The minimum atomic E-state index is -1.44. The van der Waals surface area contributed by atoms with Crippen molar-refractivity contribution in [3.8, 4) is 0 Å². The van der Waals surface area contributed by atoms with E-state index < -0.39 is 78.2 Å². The summed E-state index contributed by atoms with van der Waals surface area (Å²) in [6, 6.07) is -5.45. The van der Waals surface area contributed by atoms with Gasteiger partial charge in [-0.05, 0) is 25.7 Å². The molecular weight excluding hydrogens is 442 g/mol. The molecule has 10 N–H and O–H groups in total. The summed E-state index contributed by atoms with van der Waals surface area (Å²) in [6.07, 6.45) is -2.61. The van der Waals surface area contributed by atoms with Crippen LogP contribution < -0.4 is 27.4 Å². The second-order valence-electron chi connectivity index (χ2n) is 7.89. The number of carbonyl (C=O) groups is 6. The first-order valence-corrected chi connectivity index (χ1v) is 10.2. The standard InChI is InChI=1S/C19H33N5O9/c1-8(2)15(18(31)23-11(19(32)33)4-6-12(20)26)24-16(29)10(5-7-13(27)28)22-17(30)14(21)9(3)25/h8-11,14-15,25H,4-7,21H2,1-3H3,(H2,20,26)(H,22,30)(H,23,31)(H,24,29)(H,27,28)(H,32,33). The molecule has 0 aliphatic carbocycles. The molecule has 188 valence electrons. The van der Waals surface area contributed by atoms with Gasteiger partial charge in [0.1, 0.15) is 24.2 Å². The predicted octanol–water partition coefficient (Wildman–Crippen LogP) is -2.98. The number of carboxylic acid groups (broad SMARTS) is 2. The van der Waals surface area contributed by atoms with E-state index in [0.29, 0.717) is 0 Å². The van der Waals surface area contributed by atoms with Crippen molar-refractivity contribution in [3.05, 3.63) is 0 Å². The third kappa shape index (κ3) is 11.2. The van der Waals surface area contributed by atoms with Crippen LogP contribution in [0.2, 0.25) is 0 Å². The Kier molecular flexibility index (Phi) is 12.6. The lowest BCUT2D eigenvalue weighted by atomic mass is 10.0. The first-order valence-electron chi connectivity index (χ1n) is 10.2. The average Bonchev–Trinajstić information content (AvgIpc) is 2.70. The number of carboxylic acids is 2. The molecule has 0 saturated carbocycles. The van der Waals surface area contributed by atoms with E-state index in [1.54, 1.807) is 13.8 Å². The van der Waals surface area contributed by atoms with E-state index in [-0.39, 0.29) is 19.3 Å². The second-order valence-corrected chi connectivity index (χ2v) is 7.89. The van der Waals surface area contributed by atoms with Crippen LogP contribution in [-0.2, 0) is 28.8 Å². The van der Waals surface area contributed by atoms with E-state index >= 15 is 0 Å². The zero-order valence-corrected chi connectivity index (χ0v) is 18.7. The van der Waals surface area contributed by atoms with Crippen molar-refractivity contribution in [2.45, 2.75) is 76.7 Å². The maximum Gasteiger partial charge on any atom is 0.326 e. The Bertz CT molecular complexity index is 741. The maximum absolute atomic E-state index is 12.8. The number of carbonyl (C=O) groups excluding carboxylic acids is 4. The summed E-state index contributed by atoms with van der Waals surface area (Å²) in [4.78, 5) is 70.8. The Morgan fingerprint density at radius 2 is 1.30 bits per heavy atom. The molecule has 5 unspecified atom stereocenters. The van der Waals surface area contributed by atoms with E-state index in [9.17, 15) is 39.0 Å². The van der Waals surface area contributed by atoms with Crippen molar-refractivity contribution in [2.75, 3.05) is 0 Å². The van der Waals surface area contributed by atoms with Gasteiger partial charge in [-0.3, -0.25) is 24.0 Å². The molecule has 0 aromatic heterocycles. The zero-order chi connectivity index (χ0) is 25.9. The number of nitrogens with two attached hydrogens (primary N) is 2. The quantitative estimate of drug-likeness (QED) is 0.119. The van der Waals surface area contributed by atoms with E-state index in [1.807, 2.05) is 0 Å². The summed E-state index contributed by atoms with van der Waals surface area (Å²) in [5, 5.41) is 34.5. The van der Waals surface area contributed by atoms with Crippen molar-refractivity contribution >= 4 is 35.6 Å². The Morgan fingerprint density at radius 1 is 0.788 bits per heavy atom. The van der Waals surface area contributed by atoms with Gasteiger partial charge in [-0.1, -0.05) is 13.8 Å². The molecule has 0 heterocycles. The summed E-state index contributed by atoms with van der Waals surface area (Å²) >= 11 is 0. The monoisotopic (exact) mass is 475 g/mol. The SMILES string of the molecule is CC(C)C(NC(=O)C(CCC(=O)O)NC(=O)C(N)C(C)O)C(=O)NC(CCC(N)=O)C(=O)O. The fourth-order valence-corrected chi connectivity index (χ4v) is 2.62. The Balaban J connectivity index is 5.49. The predicted molar refractivity (Wildman–Crippen MR) is 113 cm³/mol. The number of aliphatic carboxylic acids is 2. The van der Waals surface area contributed by atoms with E-state index in [0.717, 1.165) is 0 Å². The van der Waals surface area contributed by atoms with Gasteiger partial charge in [-0.25, -0.2) is 4.79 Å². The largest absolute Gasteiger partial charge is 0.481 e. The van der Waals surface area contributed by atoms with Gasteiger partial charge in [0.15, 0.2) is 0 Å². The smallest absolute Gasteiger partial charge is 0.326 e. The van der Waals surface area contributed by atoms with Crippen LogP contribution in [-0.4, -0.2) is 81.2 Å². The second kappa shape index (κ2) is 14.0. The van der Waals surface area contributed by atoms with Crippen LogP contribution in [0.15, 0.2) is 0 Å². The molecule has 0 aliphatic rings. The maximum atomic E-state index is 12.8. The van der Waals surface area contributed by atoms with Gasteiger partial charge < -0.3 is 42.7 Å². The molecule has 0 aromatic carbocycles. The zero-order valence-electron chi connectivity index (χ0n) is 18.7. The van der Waals surface area contributed by atoms with Crippen LogP contribution in [0.5, 0.6) is 0 Å². The van der Waals surface area contributed by atoms with E-state index in [2.05, 4.69) is 16.0 Å². The minimum Gasteiger partial charge on any atom is -0.481 e. The summed E-state index contributed by atoms with van der Waals surface area (Å²) in [7, 11) is 0. The summed E-state index contributed by atoms with van der Waals surface area (Å²) in [5.41, 5.74) is 10.5. The van der Waals surface area contributed by atoms with Crippen LogP contribution in [0, 0.1) is 5.92 Å². The molecule has 0 fully saturated rings. The highest BCUT2D eigenvalue weighted by Gasteiger charge is 2.32. The number of hydrogen-bond acceptors (Lipinski definition) is 8. The van der Waals surface area contributed by atoms with Crippen LogP contribution in [0.1, 0.15) is 46.5 Å². The van der Waals surface area contributed by atoms with Crippen LogP contribution in [0.25, 0.3) is 0 Å². The van der Waals surface area contributed by atoms with Crippen LogP contribution in [0.4, 0.5) is 0 Å². The molecule has 0 radical (unpaired) electrons. The molecule has 33 heavy (non-hydrogen) atoms. The Morgan fingerprint density at radius 3 is 1.73 bits per heavy atom. The third-order valence-corrected chi connectivity index (χ3v) is 4.64. The van der Waals surface area contributed by atoms with Gasteiger partial charge in [-0.15, -0.1) is 0 Å². The van der Waals surface area contributed by atoms with Crippen molar-refractivity contribution < 1.29 is 44.1 Å². The highest BCUT2D eigenvalue weighted by atomic mass is 16.4. The van der Waals surface area contributed by atoms with Crippen molar-refractivity contribution in [3.63, 3.8) is 0 Å². The number of hydrogen-bond donors (Lipinski definition) is 8. The number of aliphatic hydroxyl groups excluding tert-OH is 1. The number of nitrogens with one attached hydrogen (secondary N) is 3. The molecule has 14 nitrogen and oxygen atoms in total. The fraction of sp³-hybridized carbons (Fsp3) is 0.684. The lowest BCUT2D eigenvalue weighted by molar-refractivity contribution is -0.143. The van der Waals surface area contributed by atoms with Gasteiger partial charge >= 0.3 is 11.9 Å². The molecule has 14 heteroatoms. The molecule has 0 aromatic rings. The molecule has 0 rings (SSSR count). The van der Waals surface area contributed by atoms with Crippen LogP contribution >= 0.6 is 0 Å². The molecule has 0 bridgehead atoms. The van der Waals surface area contributed by atoms with Gasteiger partial charge in [0.05, 0.1) is 6.10 Å². The normalized spacial score (nSPS) is 15.5. The number of rotatable bonds is 15. The fourth-order valence-electron chi connectivity index (χ4n) is 2.62. The molecule has 5 atom stereocenters. The molecule has 0 spiro atoms. The first-order chi connectivity index (χ1) is 15.2. The number of aliphatic hydroxyl groups is 1. The Hall–Kier alpha value is -3.26. The summed E-state index contributed by atoms with van der Waals surface area (Å²) in [6.45, 7) is 4.39.